The molecule has 1 aliphatic heterocycles. The molecule has 1 saturated heterocycles. The van der Waals surface area contributed by atoms with Gasteiger partial charge >= 0.3 is 0 Å². The molecule has 0 saturated carbocycles. The number of hydrogen-bond donors (Lipinski definition) is 1. The maximum Gasteiger partial charge on any atom is 0.261 e. The first kappa shape index (κ1) is 12.1. The molecule has 1 aromatic heterocycles. The minimum atomic E-state index is 0.0465. The minimum absolute atomic E-state index is 0.0465. The van der Waals surface area contributed by atoms with Crippen LogP contribution >= 0.6 is 27.3 Å². The second-order valence-electron chi connectivity index (χ2n) is 4.23. The first-order valence-electron chi connectivity index (χ1n) is 5.37. The molecule has 1 aliphatic rings. The van der Waals surface area contributed by atoms with Crippen LogP contribution in [0.4, 0.5) is 0 Å². The molecular formula is C11H15BrN2OS. The zero-order chi connectivity index (χ0) is 11.5. The van der Waals surface area contributed by atoms with E-state index in [9.17, 15) is 4.79 Å². The first-order chi connectivity index (χ1) is 7.65. The lowest BCUT2D eigenvalue weighted by atomic mass is 10.1. The molecule has 5 heteroatoms. The molecule has 0 aromatic carbocycles. The van der Waals surface area contributed by atoms with Gasteiger partial charge in [-0.1, -0.05) is 0 Å². The molecule has 2 rings (SSSR count). The van der Waals surface area contributed by atoms with E-state index in [2.05, 4.69) is 33.2 Å². The molecular weight excluding hydrogens is 288 g/mol. The van der Waals surface area contributed by atoms with Crippen LogP contribution in [0, 0.1) is 5.92 Å². The fourth-order valence-electron chi connectivity index (χ4n) is 1.95. The van der Waals surface area contributed by atoms with E-state index in [1.165, 1.54) is 17.8 Å². The van der Waals surface area contributed by atoms with Gasteiger partial charge in [-0.05, 0) is 54.0 Å². The van der Waals surface area contributed by atoms with Crippen LogP contribution in [0.25, 0.3) is 0 Å². The highest BCUT2D eigenvalue weighted by Gasteiger charge is 2.20. The van der Waals surface area contributed by atoms with E-state index in [4.69, 9.17) is 0 Å². The van der Waals surface area contributed by atoms with Crippen molar-refractivity contribution in [2.75, 3.05) is 26.7 Å². The Morgan fingerprint density at radius 3 is 3.06 bits per heavy atom. The Balaban J connectivity index is 1.80. The van der Waals surface area contributed by atoms with E-state index in [1.807, 2.05) is 12.1 Å². The summed E-state index contributed by atoms with van der Waals surface area (Å²) in [5.41, 5.74) is 0. The standard InChI is InChI=1S/C11H15BrN2OS/c1-14-5-4-8(7-14)6-13-11(15)9-2-3-10(12)16-9/h2-3,8H,4-7H2,1H3,(H,13,15). The largest absolute Gasteiger partial charge is 0.351 e. The number of carbonyl (C=O) groups excluding carboxylic acids is 1. The van der Waals surface area contributed by atoms with Crippen LogP contribution in [0.15, 0.2) is 15.9 Å². The van der Waals surface area contributed by atoms with E-state index < -0.39 is 0 Å². The van der Waals surface area contributed by atoms with Gasteiger partial charge in [0.05, 0.1) is 8.66 Å². The van der Waals surface area contributed by atoms with Gasteiger partial charge in [-0.2, -0.15) is 0 Å². The van der Waals surface area contributed by atoms with Crippen LogP contribution in [-0.4, -0.2) is 37.5 Å². The normalized spacial score (nSPS) is 21.2. The van der Waals surface area contributed by atoms with E-state index in [0.717, 1.165) is 28.3 Å². The van der Waals surface area contributed by atoms with Gasteiger partial charge in [-0.3, -0.25) is 4.79 Å². The Morgan fingerprint density at radius 2 is 2.50 bits per heavy atom. The van der Waals surface area contributed by atoms with E-state index in [0.29, 0.717) is 5.92 Å². The number of thiophene rings is 1. The molecule has 0 spiro atoms. The Morgan fingerprint density at radius 1 is 1.69 bits per heavy atom. The van der Waals surface area contributed by atoms with Gasteiger partial charge in [0.1, 0.15) is 0 Å². The maximum atomic E-state index is 11.8. The van der Waals surface area contributed by atoms with Crippen molar-refractivity contribution in [3.8, 4) is 0 Å². The molecule has 1 atom stereocenters. The number of nitrogens with one attached hydrogen (secondary N) is 1. The van der Waals surface area contributed by atoms with Gasteiger partial charge in [0.25, 0.3) is 5.91 Å². The molecule has 0 radical (unpaired) electrons. The highest BCUT2D eigenvalue weighted by molar-refractivity contribution is 9.11. The summed E-state index contributed by atoms with van der Waals surface area (Å²) in [5.74, 6) is 0.655. The average Bonchev–Trinajstić information content (AvgIpc) is 2.84. The molecule has 0 bridgehead atoms. The van der Waals surface area contributed by atoms with E-state index >= 15 is 0 Å². The van der Waals surface area contributed by atoms with Crippen LogP contribution < -0.4 is 5.32 Å². The monoisotopic (exact) mass is 302 g/mol. The van der Waals surface area contributed by atoms with Crippen molar-refractivity contribution in [2.45, 2.75) is 6.42 Å². The zero-order valence-electron chi connectivity index (χ0n) is 9.20. The lowest BCUT2D eigenvalue weighted by Gasteiger charge is -2.10. The van der Waals surface area contributed by atoms with Gasteiger partial charge in [0, 0.05) is 13.1 Å². The predicted octanol–water partition coefficient (Wildman–Crippen LogP) is 2.19. The number of halogens is 1. The summed E-state index contributed by atoms with van der Waals surface area (Å²) >= 11 is 4.83. The van der Waals surface area contributed by atoms with Crippen LogP contribution in [0.2, 0.25) is 0 Å². The number of carbonyl (C=O) groups is 1. The highest BCUT2D eigenvalue weighted by Crippen LogP contribution is 2.22. The predicted molar refractivity (Wildman–Crippen MR) is 70.0 cm³/mol. The number of likely N-dealkylation sites (tertiary alicyclic amines) is 1. The summed E-state index contributed by atoms with van der Waals surface area (Å²) in [6.07, 6.45) is 1.19. The van der Waals surface area contributed by atoms with Gasteiger partial charge in [0.2, 0.25) is 0 Å². The van der Waals surface area contributed by atoms with E-state index in [-0.39, 0.29) is 5.91 Å². The second-order valence-corrected chi connectivity index (χ2v) is 6.69. The quantitative estimate of drug-likeness (QED) is 0.928. The Bertz CT molecular complexity index is 380. The summed E-state index contributed by atoms with van der Waals surface area (Å²) < 4.78 is 0.998. The molecule has 0 aliphatic carbocycles. The third kappa shape index (κ3) is 3.06. The molecule has 88 valence electrons. The Hall–Kier alpha value is -0.390. The van der Waals surface area contributed by atoms with Crippen LogP contribution in [0.5, 0.6) is 0 Å². The molecule has 1 N–H and O–H groups in total. The lowest BCUT2D eigenvalue weighted by molar-refractivity contribution is 0.0951. The Labute approximate surface area is 108 Å². The van der Waals surface area contributed by atoms with E-state index in [1.54, 1.807) is 0 Å². The molecule has 1 unspecified atom stereocenters. The number of amides is 1. The summed E-state index contributed by atoms with van der Waals surface area (Å²) in [6, 6.07) is 3.76. The second kappa shape index (κ2) is 5.29. The number of hydrogen-bond acceptors (Lipinski definition) is 3. The van der Waals surface area contributed by atoms with Crippen molar-refractivity contribution < 1.29 is 4.79 Å². The van der Waals surface area contributed by atoms with Crippen molar-refractivity contribution in [3.05, 3.63) is 20.8 Å². The smallest absolute Gasteiger partial charge is 0.261 e. The van der Waals surface area contributed by atoms with Crippen molar-refractivity contribution >= 4 is 33.2 Å². The summed E-state index contributed by atoms with van der Waals surface area (Å²) in [7, 11) is 2.12. The molecule has 1 aromatic rings. The summed E-state index contributed by atoms with van der Waals surface area (Å²) in [6.45, 7) is 3.03. The number of nitrogens with zero attached hydrogens (tertiary/aromatic N) is 1. The highest BCUT2D eigenvalue weighted by atomic mass is 79.9. The lowest BCUT2D eigenvalue weighted by Crippen LogP contribution is -2.29. The van der Waals surface area contributed by atoms with Crippen molar-refractivity contribution in [1.82, 2.24) is 10.2 Å². The summed E-state index contributed by atoms with van der Waals surface area (Å²) in [4.78, 5) is 14.8. The molecule has 2 heterocycles. The number of rotatable bonds is 3. The first-order valence-corrected chi connectivity index (χ1v) is 6.98. The fraction of sp³-hybridized carbons (Fsp3) is 0.545. The van der Waals surface area contributed by atoms with Crippen molar-refractivity contribution in [3.63, 3.8) is 0 Å². The Kier molecular flexibility index (Phi) is 4.00. The third-order valence-corrected chi connectivity index (χ3v) is 4.46. The molecule has 16 heavy (non-hydrogen) atoms. The zero-order valence-corrected chi connectivity index (χ0v) is 11.6. The van der Waals surface area contributed by atoms with Crippen LogP contribution in [0.1, 0.15) is 16.1 Å². The van der Waals surface area contributed by atoms with Gasteiger partial charge in [-0.15, -0.1) is 11.3 Å². The van der Waals surface area contributed by atoms with Crippen LogP contribution in [0.3, 0.4) is 0 Å². The fourth-order valence-corrected chi connectivity index (χ4v) is 3.26. The van der Waals surface area contributed by atoms with Crippen molar-refractivity contribution in [2.24, 2.45) is 5.92 Å². The molecule has 1 amide bonds. The average molecular weight is 303 g/mol. The van der Waals surface area contributed by atoms with Gasteiger partial charge in [0.15, 0.2) is 0 Å². The minimum Gasteiger partial charge on any atom is -0.351 e. The molecule has 1 fully saturated rings. The topological polar surface area (TPSA) is 32.3 Å². The maximum absolute atomic E-state index is 11.8. The van der Waals surface area contributed by atoms with Crippen molar-refractivity contribution in [1.29, 1.82) is 0 Å². The third-order valence-electron chi connectivity index (χ3n) is 2.84. The van der Waals surface area contributed by atoms with Crippen LogP contribution in [-0.2, 0) is 0 Å². The SMILES string of the molecule is CN1CCC(CNC(=O)c2ccc(Br)s2)C1. The molecule has 3 nitrogen and oxygen atoms in total. The van der Waals surface area contributed by atoms with Gasteiger partial charge in [-0.25, -0.2) is 0 Å². The summed E-state index contributed by atoms with van der Waals surface area (Å²) in [5, 5.41) is 3.00. The van der Waals surface area contributed by atoms with Gasteiger partial charge < -0.3 is 10.2 Å².